The zero-order valence-electron chi connectivity index (χ0n) is 11.5. The van der Waals surface area contributed by atoms with Crippen LogP contribution in [0.4, 0.5) is 22.7 Å². The summed E-state index contributed by atoms with van der Waals surface area (Å²) in [6, 6.07) is 2.54. The van der Waals surface area contributed by atoms with Gasteiger partial charge in [-0.3, -0.25) is 35.3 Å². The van der Waals surface area contributed by atoms with E-state index < -0.39 is 37.6 Å². The molecule has 3 N–H and O–H groups in total. The molecule has 24 heavy (non-hydrogen) atoms. The van der Waals surface area contributed by atoms with Crippen molar-refractivity contribution in [1.82, 2.24) is 4.98 Å². The van der Waals surface area contributed by atoms with Crippen molar-refractivity contribution in [3.63, 3.8) is 0 Å². The van der Waals surface area contributed by atoms with E-state index in [1.54, 1.807) is 12.3 Å². The lowest BCUT2D eigenvalue weighted by molar-refractivity contribution is -0.404. The molecule has 0 radical (unpaired) electrons. The second-order valence-electron chi connectivity index (χ2n) is 4.00. The van der Waals surface area contributed by atoms with Crippen molar-refractivity contribution in [1.29, 1.82) is 0 Å². The highest BCUT2D eigenvalue weighted by atomic mass is 35.5. The fourth-order valence-corrected chi connectivity index (χ4v) is 1.47. The monoisotopic (exact) mass is 357 g/mol. The van der Waals surface area contributed by atoms with Crippen LogP contribution in [0.2, 0.25) is 5.02 Å². The number of nitrogen functional groups attached to an aromatic ring is 1. The standard InChI is InChI=1S/C6H3N3O7.C5H5ClN2/c10-6-4(8(13)14)1-3(7(11)12)2-5(6)9(15)16;6-4-1-2-8-3-5(4)7/h1-2,10H;1-3H,7H2. The minimum Gasteiger partial charge on any atom is -0.497 e. The zero-order chi connectivity index (χ0) is 18.4. The van der Waals surface area contributed by atoms with E-state index in [1.165, 1.54) is 6.20 Å². The zero-order valence-corrected chi connectivity index (χ0v) is 12.3. The van der Waals surface area contributed by atoms with Gasteiger partial charge in [-0.05, 0) is 6.07 Å². The molecule has 0 aliphatic rings. The Morgan fingerprint density at radius 2 is 1.54 bits per heavy atom. The van der Waals surface area contributed by atoms with E-state index in [1.807, 2.05) is 0 Å². The van der Waals surface area contributed by atoms with Crippen LogP contribution in [0, 0.1) is 30.3 Å². The van der Waals surface area contributed by atoms with Gasteiger partial charge in [0.1, 0.15) is 0 Å². The van der Waals surface area contributed by atoms with Crippen LogP contribution in [-0.2, 0) is 0 Å². The van der Waals surface area contributed by atoms with Gasteiger partial charge in [-0.25, -0.2) is 0 Å². The summed E-state index contributed by atoms with van der Waals surface area (Å²) in [5, 5.41) is 40.8. The molecule has 126 valence electrons. The summed E-state index contributed by atoms with van der Waals surface area (Å²) >= 11 is 5.54. The number of nitrogens with two attached hydrogens (primary N) is 1. The van der Waals surface area contributed by atoms with Crippen molar-refractivity contribution >= 4 is 34.4 Å². The number of hydrogen-bond acceptors (Lipinski definition) is 9. The van der Waals surface area contributed by atoms with Crippen LogP contribution in [0.5, 0.6) is 5.75 Å². The number of benzene rings is 1. The Morgan fingerprint density at radius 3 is 1.83 bits per heavy atom. The molecule has 2 rings (SSSR count). The van der Waals surface area contributed by atoms with Crippen LogP contribution in [-0.4, -0.2) is 24.9 Å². The third-order valence-electron chi connectivity index (χ3n) is 2.45. The van der Waals surface area contributed by atoms with Crippen LogP contribution in [0.3, 0.4) is 0 Å². The molecule has 0 aliphatic carbocycles. The summed E-state index contributed by atoms with van der Waals surface area (Å²) in [4.78, 5) is 31.5. The normalized spacial score (nSPS) is 9.54. The van der Waals surface area contributed by atoms with Gasteiger partial charge >= 0.3 is 11.4 Å². The van der Waals surface area contributed by atoms with Crippen LogP contribution in [0.15, 0.2) is 30.6 Å². The number of pyridine rings is 1. The molecule has 0 unspecified atom stereocenters. The van der Waals surface area contributed by atoms with Crippen molar-refractivity contribution in [3.05, 3.63) is 66.0 Å². The summed E-state index contributed by atoms with van der Waals surface area (Å²) in [7, 11) is 0. The number of halogens is 1. The Morgan fingerprint density at radius 1 is 1.04 bits per heavy atom. The molecular formula is C11H8ClN5O7. The first-order valence-electron chi connectivity index (χ1n) is 5.80. The maximum atomic E-state index is 10.4. The molecule has 1 heterocycles. The molecule has 2 aromatic rings. The number of aromatic hydroxyl groups is 1. The minimum absolute atomic E-state index is 0.447. The Labute approximate surface area is 137 Å². The highest BCUT2D eigenvalue weighted by molar-refractivity contribution is 6.32. The van der Waals surface area contributed by atoms with Crippen LogP contribution in [0.1, 0.15) is 0 Å². The van der Waals surface area contributed by atoms with Crippen molar-refractivity contribution in [2.45, 2.75) is 0 Å². The lowest BCUT2D eigenvalue weighted by atomic mass is 10.2. The SMILES string of the molecule is Nc1cnccc1Cl.O=[N+]([O-])c1cc([N+](=O)[O-])c(O)c([N+](=O)[O-])c1. The molecule has 1 aromatic carbocycles. The summed E-state index contributed by atoms with van der Waals surface area (Å²) in [5.41, 5.74) is 2.85. The minimum atomic E-state index is -1.21. The number of hydrogen-bond donors (Lipinski definition) is 2. The number of phenolic OH excluding ortho intramolecular Hbond substituents is 1. The Bertz CT molecular complexity index is 757. The summed E-state index contributed by atoms with van der Waals surface area (Å²) in [6.45, 7) is 0. The predicted molar refractivity (Wildman–Crippen MR) is 81.7 cm³/mol. The van der Waals surface area contributed by atoms with Crippen LogP contribution >= 0.6 is 11.6 Å². The van der Waals surface area contributed by atoms with Crippen molar-refractivity contribution in [2.75, 3.05) is 5.73 Å². The largest absolute Gasteiger partial charge is 0.497 e. The number of phenols is 1. The van der Waals surface area contributed by atoms with Crippen molar-refractivity contribution in [3.8, 4) is 5.75 Å². The number of rotatable bonds is 3. The molecule has 1 aromatic heterocycles. The van der Waals surface area contributed by atoms with E-state index in [4.69, 9.17) is 22.4 Å². The molecule has 0 aliphatic heterocycles. The Kier molecular flexibility index (Phi) is 5.89. The average Bonchev–Trinajstić information content (AvgIpc) is 2.50. The maximum Gasteiger partial charge on any atom is 0.324 e. The fraction of sp³-hybridized carbons (Fsp3) is 0. The molecule has 12 nitrogen and oxygen atoms in total. The van der Waals surface area contributed by atoms with Gasteiger partial charge in [0.05, 0.1) is 43.8 Å². The van der Waals surface area contributed by atoms with Gasteiger partial charge in [0.15, 0.2) is 0 Å². The first kappa shape index (κ1) is 18.5. The summed E-state index contributed by atoms with van der Waals surface area (Å²) in [6.07, 6.45) is 3.11. The lowest BCUT2D eigenvalue weighted by Gasteiger charge is -1.97. The van der Waals surface area contributed by atoms with Crippen molar-refractivity contribution < 1.29 is 19.9 Å². The third-order valence-corrected chi connectivity index (χ3v) is 2.80. The van der Waals surface area contributed by atoms with Crippen LogP contribution < -0.4 is 5.73 Å². The van der Waals surface area contributed by atoms with Gasteiger partial charge in [0.2, 0.25) is 0 Å². The van der Waals surface area contributed by atoms with Crippen LogP contribution in [0.25, 0.3) is 0 Å². The topological polar surface area (TPSA) is 189 Å². The van der Waals surface area contributed by atoms with E-state index in [0.29, 0.717) is 22.8 Å². The number of nitro groups is 3. The maximum absolute atomic E-state index is 10.4. The second kappa shape index (κ2) is 7.64. The van der Waals surface area contributed by atoms with Gasteiger partial charge in [-0.1, -0.05) is 11.6 Å². The number of non-ortho nitro benzene ring substituents is 1. The van der Waals surface area contributed by atoms with Gasteiger partial charge in [-0.15, -0.1) is 0 Å². The first-order valence-corrected chi connectivity index (χ1v) is 6.18. The number of nitro benzene ring substituents is 3. The molecule has 0 saturated heterocycles. The predicted octanol–water partition coefficient (Wildman–Crippen LogP) is 2.43. The molecule has 0 amide bonds. The molecule has 0 fully saturated rings. The average molecular weight is 358 g/mol. The molecule has 13 heteroatoms. The lowest BCUT2D eigenvalue weighted by Crippen LogP contribution is -1.97. The Hall–Kier alpha value is -3.54. The molecule has 0 bridgehead atoms. The number of aromatic nitrogens is 1. The summed E-state index contributed by atoms with van der Waals surface area (Å²) < 4.78 is 0. The smallest absolute Gasteiger partial charge is 0.324 e. The highest BCUT2D eigenvalue weighted by Crippen LogP contribution is 2.38. The second-order valence-corrected chi connectivity index (χ2v) is 4.41. The quantitative estimate of drug-likeness (QED) is 0.613. The van der Waals surface area contributed by atoms with Crippen molar-refractivity contribution in [2.24, 2.45) is 0 Å². The van der Waals surface area contributed by atoms with E-state index in [-0.39, 0.29) is 0 Å². The first-order chi connectivity index (χ1) is 11.1. The number of anilines is 1. The molecule has 0 spiro atoms. The van der Waals surface area contributed by atoms with E-state index in [2.05, 4.69) is 4.98 Å². The summed E-state index contributed by atoms with van der Waals surface area (Å²) in [5.74, 6) is -1.21. The molecule has 0 saturated carbocycles. The molecular weight excluding hydrogens is 350 g/mol. The molecule has 0 atom stereocenters. The van der Waals surface area contributed by atoms with Gasteiger partial charge < -0.3 is 10.8 Å². The van der Waals surface area contributed by atoms with E-state index in [9.17, 15) is 30.3 Å². The van der Waals surface area contributed by atoms with Gasteiger partial charge in [0, 0.05) is 6.20 Å². The highest BCUT2D eigenvalue weighted by Gasteiger charge is 2.30. The van der Waals surface area contributed by atoms with E-state index in [0.717, 1.165) is 0 Å². The number of nitrogens with zero attached hydrogens (tertiary/aromatic N) is 4. The van der Waals surface area contributed by atoms with Gasteiger partial charge in [0.25, 0.3) is 11.4 Å². The fourth-order valence-electron chi connectivity index (χ4n) is 1.36. The third kappa shape index (κ3) is 4.48. The van der Waals surface area contributed by atoms with E-state index >= 15 is 0 Å². The Balaban J connectivity index is 0.000000300. The van der Waals surface area contributed by atoms with Gasteiger partial charge in [-0.2, -0.15) is 0 Å².